The Morgan fingerprint density at radius 1 is 1.14 bits per heavy atom. The minimum atomic E-state index is 0.166. The lowest BCUT2D eigenvalue weighted by atomic mass is 10.2. The molecule has 0 aliphatic heterocycles. The van der Waals surface area contributed by atoms with Crippen molar-refractivity contribution in [2.75, 3.05) is 26.3 Å². The molecule has 1 rings (SSSR count). The monoisotopic (exact) mass is 308 g/mol. The van der Waals surface area contributed by atoms with Gasteiger partial charge in [-0.2, -0.15) is 0 Å². The summed E-state index contributed by atoms with van der Waals surface area (Å²) in [6, 6.07) is 0. The maximum absolute atomic E-state index is 9.02. The Morgan fingerprint density at radius 2 is 1.82 bits per heavy atom. The van der Waals surface area contributed by atoms with Gasteiger partial charge >= 0.3 is 0 Å². The van der Waals surface area contributed by atoms with Crippen LogP contribution in [0.15, 0.2) is 12.2 Å². The second kappa shape index (κ2) is 11.1. The van der Waals surface area contributed by atoms with E-state index < -0.39 is 0 Å². The lowest BCUT2D eigenvalue weighted by Crippen LogP contribution is -2.30. The first-order valence-electron chi connectivity index (χ1n) is 7.93. The van der Waals surface area contributed by atoms with Crippen molar-refractivity contribution in [3.8, 4) is 0 Å². The van der Waals surface area contributed by atoms with E-state index in [2.05, 4.69) is 28.2 Å². The van der Waals surface area contributed by atoms with Crippen LogP contribution in [0.3, 0.4) is 0 Å². The van der Waals surface area contributed by atoms with Crippen LogP contribution in [-0.2, 0) is 6.67 Å². The summed E-state index contributed by atoms with van der Waals surface area (Å²) in [5, 5.41) is 26.5. The predicted molar refractivity (Wildman–Crippen MR) is 89.0 cm³/mol. The number of aliphatic hydroxyl groups excluding tert-OH is 2. The lowest BCUT2D eigenvalue weighted by molar-refractivity contribution is 0.164. The topological polar surface area (TPSA) is 74.4 Å². The van der Waals surface area contributed by atoms with Crippen LogP contribution in [0, 0.1) is 0 Å². The van der Waals surface area contributed by atoms with Gasteiger partial charge in [0.1, 0.15) is 5.69 Å². The third-order valence-corrected chi connectivity index (χ3v) is 3.24. The number of aliphatic hydroxyl groups is 2. The molecule has 124 valence electrons. The molecule has 0 bridgehead atoms. The van der Waals surface area contributed by atoms with Gasteiger partial charge in [0.15, 0.2) is 0 Å². The van der Waals surface area contributed by atoms with Crippen LogP contribution < -0.4 is 0 Å². The van der Waals surface area contributed by atoms with E-state index in [1.807, 2.05) is 29.8 Å². The van der Waals surface area contributed by atoms with Gasteiger partial charge in [0, 0.05) is 26.3 Å². The highest BCUT2D eigenvalue weighted by atomic mass is 16.3. The Morgan fingerprint density at radius 3 is 2.36 bits per heavy atom. The molecule has 0 amide bonds. The molecule has 0 aliphatic carbocycles. The third-order valence-electron chi connectivity index (χ3n) is 3.24. The third kappa shape index (κ3) is 6.09. The van der Waals surface area contributed by atoms with E-state index in [4.69, 9.17) is 10.2 Å². The number of rotatable bonds is 11. The molecule has 0 atom stereocenters. The molecule has 1 aromatic heterocycles. The molecule has 0 saturated heterocycles. The molecule has 0 unspecified atom stereocenters. The molecule has 0 spiro atoms. The molecule has 6 heteroatoms. The average molecular weight is 308 g/mol. The molecule has 0 aromatic carbocycles. The largest absolute Gasteiger partial charge is 0.396 e. The zero-order chi connectivity index (χ0) is 16.2. The lowest BCUT2D eigenvalue weighted by Gasteiger charge is -2.21. The van der Waals surface area contributed by atoms with Crippen molar-refractivity contribution in [2.24, 2.45) is 0 Å². The van der Waals surface area contributed by atoms with Crippen LogP contribution in [0.2, 0.25) is 0 Å². The summed E-state index contributed by atoms with van der Waals surface area (Å²) in [4.78, 5) is 2.17. The number of hydrogen-bond donors (Lipinski definition) is 2. The van der Waals surface area contributed by atoms with Gasteiger partial charge in [0.05, 0.1) is 12.4 Å². The molecule has 6 nitrogen and oxygen atoms in total. The summed E-state index contributed by atoms with van der Waals surface area (Å²) < 4.78 is 1.87. The number of hydrogen-bond acceptors (Lipinski definition) is 5. The van der Waals surface area contributed by atoms with Gasteiger partial charge in [-0.25, -0.2) is 4.68 Å². The van der Waals surface area contributed by atoms with Gasteiger partial charge in [-0.05, 0) is 38.3 Å². The molecule has 22 heavy (non-hydrogen) atoms. The molecule has 1 aromatic rings. The molecule has 0 radical (unpaired) electrons. The van der Waals surface area contributed by atoms with E-state index in [1.165, 1.54) is 0 Å². The fourth-order valence-corrected chi connectivity index (χ4v) is 2.15. The number of nitrogens with zero attached hydrogens (tertiary/aromatic N) is 4. The van der Waals surface area contributed by atoms with Crippen molar-refractivity contribution < 1.29 is 10.2 Å². The quantitative estimate of drug-likeness (QED) is 0.651. The highest BCUT2D eigenvalue weighted by Crippen LogP contribution is 2.12. The van der Waals surface area contributed by atoms with Crippen molar-refractivity contribution in [2.45, 2.75) is 39.8 Å². The smallest absolute Gasteiger partial charge is 0.112 e. The van der Waals surface area contributed by atoms with E-state index in [1.54, 1.807) is 0 Å². The van der Waals surface area contributed by atoms with Gasteiger partial charge < -0.3 is 10.2 Å². The average Bonchev–Trinajstić information content (AvgIpc) is 2.90. The Bertz CT molecular complexity index is 461. The summed E-state index contributed by atoms with van der Waals surface area (Å²) in [6.45, 7) is 6.53. The maximum atomic E-state index is 9.02. The van der Waals surface area contributed by atoms with Crippen LogP contribution in [-0.4, -0.2) is 56.4 Å². The van der Waals surface area contributed by atoms with Crippen molar-refractivity contribution in [3.05, 3.63) is 23.5 Å². The normalized spacial score (nSPS) is 12.2. The fraction of sp³-hybridized carbons (Fsp3) is 0.625. The molecular formula is C16H28N4O2. The summed E-state index contributed by atoms with van der Waals surface area (Å²) in [5.74, 6) is 0. The van der Waals surface area contributed by atoms with E-state index in [9.17, 15) is 0 Å². The zero-order valence-electron chi connectivity index (χ0n) is 13.6. The highest BCUT2D eigenvalue weighted by molar-refractivity contribution is 5.59. The highest BCUT2D eigenvalue weighted by Gasteiger charge is 2.11. The second-order valence-electron chi connectivity index (χ2n) is 5.08. The minimum Gasteiger partial charge on any atom is -0.396 e. The van der Waals surface area contributed by atoms with Gasteiger partial charge in [-0.15, -0.1) is 5.10 Å². The zero-order valence-corrected chi connectivity index (χ0v) is 13.6. The van der Waals surface area contributed by atoms with Crippen molar-refractivity contribution in [1.29, 1.82) is 0 Å². The van der Waals surface area contributed by atoms with Crippen LogP contribution in [0.5, 0.6) is 0 Å². The first kappa shape index (κ1) is 18.5. The van der Waals surface area contributed by atoms with Gasteiger partial charge in [-0.1, -0.05) is 24.3 Å². The standard InChI is InChI=1S/C16H28N4O2/c1-3-5-9-15-16(8-4-2)20(18-17-15)14-19(10-6-12-21)11-7-13-22/h4-5,8-9,21-22H,3,6-7,10-14H2,1-2H3/b8-4-,9-5-. The number of allylic oxidation sites excluding steroid dienone is 2. The van der Waals surface area contributed by atoms with Crippen molar-refractivity contribution >= 4 is 12.2 Å². The molecular weight excluding hydrogens is 280 g/mol. The molecule has 2 N–H and O–H groups in total. The first-order valence-corrected chi connectivity index (χ1v) is 7.93. The fourth-order valence-electron chi connectivity index (χ4n) is 2.15. The van der Waals surface area contributed by atoms with Gasteiger partial charge in [-0.3, -0.25) is 4.90 Å². The van der Waals surface area contributed by atoms with Crippen LogP contribution in [0.25, 0.3) is 12.2 Å². The van der Waals surface area contributed by atoms with E-state index in [-0.39, 0.29) is 13.2 Å². The van der Waals surface area contributed by atoms with Crippen LogP contribution in [0.1, 0.15) is 44.5 Å². The molecule has 0 saturated carbocycles. The van der Waals surface area contributed by atoms with Gasteiger partial charge in [0.2, 0.25) is 0 Å². The van der Waals surface area contributed by atoms with Crippen LogP contribution in [0.4, 0.5) is 0 Å². The van der Waals surface area contributed by atoms with Gasteiger partial charge in [0.25, 0.3) is 0 Å². The SMILES string of the molecule is C/C=C\c1c(/C=C\CC)nnn1CN(CCCO)CCCO. The molecule has 0 fully saturated rings. The Kier molecular flexibility index (Phi) is 9.37. The Hall–Kier alpha value is -1.50. The summed E-state index contributed by atoms with van der Waals surface area (Å²) in [7, 11) is 0. The summed E-state index contributed by atoms with van der Waals surface area (Å²) >= 11 is 0. The predicted octanol–water partition coefficient (Wildman–Crippen LogP) is 1.76. The van der Waals surface area contributed by atoms with E-state index >= 15 is 0 Å². The van der Waals surface area contributed by atoms with Crippen molar-refractivity contribution in [1.82, 2.24) is 19.9 Å². The minimum absolute atomic E-state index is 0.166. The van der Waals surface area contributed by atoms with E-state index in [0.29, 0.717) is 19.5 Å². The number of aromatic nitrogens is 3. The maximum Gasteiger partial charge on any atom is 0.112 e. The Labute approximate surface area is 132 Å². The summed E-state index contributed by atoms with van der Waals surface area (Å²) in [6.07, 6.45) is 10.4. The van der Waals surface area contributed by atoms with Crippen molar-refractivity contribution in [3.63, 3.8) is 0 Å². The molecule has 1 heterocycles. The summed E-state index contributed by atoms with van der Waals surface area (Å²) in [5.41, 5.74) is 1.84. The first-order chi connectivity index (χ1) is 10.8. The Balaban J connectivity index is 2.87. The second-order valence-corrected chi connectivity index (χ2v) is 5.08. The molecule has 0 aliphatic rings. The van der Waals surface area contributed by atoms with E-state index in [0.717, 1.165) is 30.9 Å². The van der Waals surface area contributed by atoms with Crippen LogP contribution >= 0.6 is 0 Å².